The van der Waals surface area contributed by atoms with E-state index in [1.165, 1.54) is 12.4 Å². The summed E-state index contributed by atoms with van der Waals surface area (Å²) >= 11 is 6.50. The highest BCUT2D eigenvalue weighted by Crippen LogP contribution is 2.30. The zero-order valence-electron chi connectivity index (χ0n) is 11.3. The van der Waals surface area contributed by atoms with Crippen LogP contribution >= 0.6 is 31.9 Å². The number of phenols is 1. The number of hydrogen-bond acceptors (Lipinski definition) is 6. The average Bonchev–Trinajstić information content (AvgIpc) is 2.93. The number of halogens is 2. The zero-order chi connectivity index (χ0) is 16.1. The molecule has 116 valence electrons. The Bertz CT molecular complexity index is 715. The molecule has 2 rings (SSSR count). The Labute approximate surface area is 142 Å². The van der Waals surface area contributed by atoms with Gasteiger partial charge in [-0.15, -0.1) is 0 Å². The largest absolute Gasteiger partial charge is 0.506 e. The summed E-state index contributed by atoms with van der Waals surface area (Å²) in [4.78, 5) is 15.5. The fourth-order valence-corrected chi connectivity index (χ4v) is 2.72. The standard InChI is InChI=1S/C13H11Br2N3O4/c1-2-21-10-6-16-13(22-10)12(20)18-17-5-7-3-8(14)4-9(15)11(7)19/h3-6,19H,2H2,1H3,(H,18,20)/b17-5-. The topological polar surface area (TPSA) is 97.0 Å². The van der Waals surface area contributed by atoms with Crippen molar-refractivity contribution in [1.29, 1.82) is 0 Å². The lowest BCUT2D eigenvalue weighted by Gasteiger charge is -2.02. The van der Waals surface area contributed by atoms with Crippen LogP contribution < -0.4 is 10.2 Å². The first-order chi connectivity index (χ1) is 10.5. The number of nitrogens with one attached hydrogen (secondary N) is 1. The van der Waals surface area contributed by atoms with Crippen LogP contribution in [-0.4, -0.2) is 28.8 Å². The molecule has 9 heteroatoms. The molecule has 0 saturated heterocycles. The summed E-state index contributed by atoms with van der Waals surface area (Å²) in [6, 6.07) is 3.33. The Morgan fingerprint density at radius 1 is 1.55 bits per heavy atom. The van der Waals surface area contributed by atoms with Gasteiger partial charge >= 0.3 is 11.9 Å². The quantitative estimate of drug-likeness (QED) is 0.559. The van der Waals surface area contributed by atoms with Gasteiger partial charge in [-0.1, -0.05) is 15.9 Å². The molecule has 2 N–H and O–H groups in total. The summed E-state index contributed by atoms with van der Waals surface area (Å²) in [6.45, 7) is 2.20. The first kappa shape index (κ1) is 16.5. The zero-order valence-corrected chi connectivity index (χ0v) is 14.5. The molecular weight excluding hydrogens is 422 g/mol. The molecule has 1 amide bonds. The number of aromatic hydroxyl groups is 1. The fraction of sp³-hybridized carbons (Fsp3) is 0.154. The molecule has 0 radical (unpaired) electrons. The Kier molecular flexibility index (Phi) is 5.56. The van der Waals surface area contributed by atoms with Gasteiger partial charge in [-0.3, -0.25) is 4.79 Å². The van der Waals surface area contributed by atoms with Crippen LogP contribution in [0.1, 0.15) is 23.2 Å². The molecule has 0 aliphatic heterocycles. The normalized spacial score (nSPS) is 10.9. The number of carbonyl (C=O) groups is 1. The minimum atomic E-state index is -0.629. The number of hydrazone groups is 1. The lowest BCUT2D eigenvalue weighted by molar-refractivity contribution is 0.0912. The van der Waals surface area contributed by atoms with E-state index in [-0.39, 0.29) is 17.6 Å². The molecule has 0 bridgehead atoms. The van der Waals surface area contributed by atoms with E-state index in [2.05, 4.69) is 47.4 Å². The van der Waals surface area contributed by atoms with Crippen molar-refractivity contribution in [1.82, 2.24) is 10.4 Å². The third-order valence-corrected chi connectivity index (χ3v) is 3.46. The van der Waals surface area contributed by atoms with Crippen LogP contribution in [-0.2, 0) is 0 Å². The second kappa shape index (κ2) is 7.41. The summed E-state index contributed by atoms with van der Waals surface area (Å²) in [6.07, 6.45) is 2.61. The maximum atomic E-state index is 11.8. The Morgan fingerprint density at radius 3 is 3.05 bits per heavy atom. The van der Waals surface area contributed by atoms with Gasteiger partial charge in [0, 0.05) is 10.0 Å². The van der Waals surface area contributed by atoms with E-state index in [1.807, 2.05) is 0 Å². The van der Waals surface area contributed by atoms with Crippen LogP contribution in [0.25, 0.3) is 0 Å². The third-order valence-electron chi connectivity index (χ3n) is 2.39. The van der Waals surface area contributed by atoms with Crippen LogP contribution in [0.4, 0.5) is 0 Å². The van der Waals surface area contributed by atoms with E-state index >= 15 is 0 Å². The van der Waals surface area contributed by atoms with Crippen molar-refractivity contribution in [3.05, 3.63) is 38.7 Å². The Balaban J connectivity index is 2.04. The number of benzene rings is 1. The smallest absolute Gasteiger partial charge is 0.327 e. The number of aromatic nitrogens is 1. The number of oxazole rings is 1. The monoisotopic (exact) mass is 431 g/mol. The molecule has 0 fully saturated rings. The molecule has 0 spiro atoms. The lowest BCUT2D eigenvalue weighted by Crippen LogP contribution is -2.17. The SMILES string of the molecule is CCOc1cnc(C(=O)N/N=C\c2cc(Br)cc(Br)c2O)o1. The predicted octanol–water partition coefficient (Wildman–Crippen LogP) is 3.07. The van der Waals surface area contributed by atoms with E-state index < -0.39 is 5.91 Å². The maximum absolute atomic E-state index is 11.8. The van der Waals surface area contributed by atoms with Gasteiger partial charge in [0.05, 0.1) is 17.3 Å². The summed E-state index contributed by atoms with van der Waals surface area (Å²) in [7, 11) is 0. The van der Waals surface area contributed by atoms with Gasteiger partial charge in [0.15, 0.2) is 0 Å². The van der Waals surface area contributed by atoms with Gasteiger partial charge < -0.3 is 14.3 Å². The molecule has 2 aromatic rings. The summed E-state index contributed by atoms with van der Waals surface area (Å²) in [5.41, 5.74) is 2.67. The highest BCUT2D eigenvalue weighted by Gasteiger charge is 2.13. The second-order valence-electron chi connectivity index (χ2n) is 3.94. The average molecular weight is 433 g/mol. The second-order valence-corrected chi connectivity index (χ2v) is 5.71. The van der Waals surface area contributed by atoms with Gasteiger partial charge in [0.25, 0.3) is 5.89 Å². The van der Waals surface area contributed by atoms with Crippen molar-refractivity contribution < 1.29 is 19.1 Å². The minimum Gasteiger partial charge on any atom is -0.506 e. The molecule has 1 aromatic carbocycles. The van der Waals surface area contributed by atoms with Crippen LogP contribution in [0.2, 0.25) is 0 Å². The van der Waals surface area contributed by atoms with E-state index in [0.29, 0.717) is 16.6 Å². The number of hydrogen-bond donors (Lipinski definition) is 2. The number of phenolic OH excluding ortho intramolecular Hbond substituents is 1. The molecule has 0 unspecified atom stereocenters. The van der Waals surface area contributed by atoms with Crippen molar-refractivity contribution in [3.8, 4) is 11.7 Å². The number of rotatable bonds is 5. The van der Waals surface area contributed by atoms with Crippen molar-refractivity contribution >= 4 is 44.0 Å². The molecule has 1 heterocycles. The van der Waals surface area contributed by atoms with E-state index in [4.69, 9.17) is 9.15 Å². The molecule has 7 nitrogen and oxygen atoms in total. The van der Waals surface area contributed by atoms with Gasteiger partial charge in [0.2, 0.25) is 0 Å². The molecular formula is C13H11Br2N3O4. The molecule has 0 aliphatic rings. The van der Waals surface area contributed by atoms with E-state index in [0.717, 1.165) is 4.47 Å². The third kappa shape index (κ3) is 4.08. The number of amides is 1. The molecule has 1 aromatic heterocycles. The summed E-state index contributed by atoms with van der Waals surface area (Å²) in [5, 5.41) is 13.6. The number of nitrogens with zero attached hydrogens (tertiary/aromatic N) is 2. The molecule has 0 saturated carbocycles. The Morgan fingerprint density at radius 2 is 2.32 bits per heavy atom. The van der Waals surface area contributed by atoms with E-state index in [1.54, 1.807) is 19.1 Å². The van der Waals surface area contributed by atoms with Crippen LogP contribution in [0, 0.1) is 0 Å². The van der Waals surface area contributed by atoms with Gasteiger partial charge in [-0.05, 0) is 35.0 Å². The fourth-order valence-electron chi connectivity index (χ4n) is 1.47. The van der Waals surface area contributed by atoms with Crippen molar-refractivity contribution in [3.63, 3.8) is 0 Å². The maximum Gasteiger partial charge on any atom is 0.327 e. The van der Waals surface area contributed by atoms with Crippen molar-refractivity contribution in [2.75, 3.05) is 6.61 Å². The van der Waals surface area contributed by atoms with Gasteiger partial charge in [-0.2, -0.15) is 5.10 Å². The van der Waals surface area contributed by atoms with E-state index in [9.17, 15) is 9.90 Å². The molecule has 0 aliphatic carbocycles. The first-order valence-corrected chi connectivity index (χ1v) is 7.70. The lowest BCUT2D eigenvalue weighted by atomic mass is 10.2. The van der Waals surface area contributed by atoms with Gasteiger partial charge in [-0.25, -0.2) is 10.4 Å². The summed E-state index contributed by atoms with van der Waals surface area (Å²) in [5.74, 6) is -0.628. The molecule has 22 heavy (non-hydrogen) atoms. The number of ether oxygens (including phenoxy) is 1. The van der Waals surface area contributed by atoms with Crippen molar-refractivity contribution in [2.45, 2.75) is 6.92 Å². The highest BCUT2D eigenvalue weighted by molar-refractivity contribution is 9.11. The Hall–Kier alpha value is -1.87. The summed E-state index contributed by atoms with van der Waals surface area (Å²) < 4.78 is 11.4. The van der Waals surface area contributed by atoms with Crippen molar-refractivity contribution in [2.24, 2.45) is 5.10 Å². The van der Waals surface area contributed by atoms with Crippen LogP contribution in [0.15, 0.2) is 36.8 Å². The predicted molar refractivity (Wildman–Crippen MR) is 86.2 cm³/mol. The van der Waals surface area contributed by atoms with Gasteiger partial charge in [0.1, 0.15) is 11.9 Å². The highest BCUT2D eigenvalue weighted by atomic mass is 79.9. The first-order valence-electron chi connectivity index (χ1n) is 6.11. The van der Waals surface area contributed by atoms with Crippen LogP contribution in [0.5, 0.6) is 11.7 Å². The van der Waals surface area contributed by atoms with Crippen LogP contribution in [0.3, 0.4) is 0 Å². The molecule has 0 atom stereocenters. The minimum absolute atomic E-state index is 0.0101. The number of carbonyl (C=O) groups excluding carboxylic acids is 1.